The van der Waals surface area contributed by atoms with Gasteiger partial charge < -0.3 is 19.3 Å². The zero-order valence-electron chi connectivity index (χ0n) is 15.0. The Balaban J connectivity index is 1.84. The third-order valence-electron chi connectivity index (χ3n) is 4.45. The van der Waals surface area contributed by atoms with E-state index in [-0.39, 0.29) is 21.9 Å². The molecule has 142 valence electrons. The van der Waals surface area contributed by atoms with Crippen molar-refractivity contribution in [2.75, 3.05) is 14.2 Å². The lowest BCUT2D eigenvalue weighted by Gasteiger charge is -2.13. The van der Waals surface area contributed by atoms with Crippen LogP contribution in [0.25, 0.3) is 21.7 Å². The predicted octanol–water partition coefficient (Wildman–Crippen LogP) is 5.70. The monoisotopic (exact) mass is 399 g/mol. The van der Waals surface area contributed by atoms with Crippen molar-refractivity contribution >= 4 is 33.3 Å². The van der Waals surface area contributed by atoms with Crippen LogP contribution in [0.2, 0.25) is 5.02 Å². The second-order valence-electron chi connectivity index (χ2n) is 6.00. The number of phenols is 1. The lowest BCUT2D eigenvalue weighted by atomic mass is 10.1. The molecule has 0 aliphatic carbocycles. The van der Waals surface area contributed by atoms with Gasteiger partial charge in [-0.25, -0.2) is 4.39 Å². The fraction of sp³-hybridized carbons (Fsp3) is 0.0952. The van der Waals surface area contributed by atoms with Crippen molar-refractivity contribution in [2.24, 2.45) is 0 Å². The number of aromatic hydroxyl groups is 1. The van der Waals surface area contributed by atoms with E-state index in [1.54, 1.807) is 30.5 Å². The molecule has 0 unspecified atom stereocenters. The summed E-state index contributed by atoms with van der Waals surface area (Å²) in [6.07, 6.45) is 1.56. The average molecular weight is 400 g/mol. The zero-order valence-corrected chi connectivity index (χ0v) is 15.7. The summed E-state index contributed by atoms with van der Waals surface area (Å²) < 4.78 is 31.5. The molecule has 0 aliphatic rings. The van der Waals surface area contributed by atoms with Crippen LogP contribution < -0.4 is 14.2 Å². The van der Waals surface area contributed by atoms with E-state index in [1.807, 2.05) is 0 Å². The minimum atomic E-state index is -0.602. The maximum atomic E-state index is 15.0. The van der Waals surface area contributed by atoms with E-state index in [1.165, 1.54) is 32.4 Å². The minimum absolute atomic E-state index is 0.0107. The molecule has 4 aromatic rings. The summed E-state index contributed by atoms with van der Waals surface area (Å²) >= 11 is 5.90. The number of fused-ring (bicyclic) bond motifs is 2. The highest BCUT2D eigenvalue weighted by atomic mass is 35.5. The van der Waals surface area contributed by atoms with Gasteiger partial charge in [-0.15, -0.1) is 0 Å². The SMILES string of the molecule is COc1cc2nccc(Oc3ccc4c(O)c(Cl)ccc4c3F)c2cc1OC. The van der Waals surface area contributed by atoms with Crippen molar-refractivity contribution in [3.05, 3.63) is 59.5 Å². The van der Waals surface area contributed by atoms with Crippen molar-refractivity contribution in [2.45, 2.75) is 0 Å². The molecule has 0 fully saturated rings. The topological polar surface area (TPSA) is 60.8 Å². The van der Waals surface area contributed by atoms with Gasteiger partial charge in [-0.2, -0.15) is 0 Å². The second kappa shape index (κ2) is 7.05. The van der Waals surface area contributed by atoms with Gasteiger partial charge in [0.25, 0.3) is 0 Å². The molecule has 0 radical (unpaired) electrons. The number of hydrogen-bond donors (Lipinski definition) is 1. The Morgan fingerprint density at radius 1 is 0.857 bits per heavy atom. The number of nitrogens with zero attached hydrogens (tertiary/aromatic N) is 1. The molecule has 0 saturated carbocycles. The van der Waals surface area contributed by atoms with E-state index in [0.29, 0.717) is 33.5 Å². The van der Waals surface area contributed by atoms with Crippen LogP contribution in [-0.2, 0) is 0 Å². The predicted molar refractivity (Wildman–Crippen MR) is 106 cm³/mol. The van der Waals surface area contributed by atoms with Crippen molar-refractivity contribution in [1.82, 2.24) is 4.98 Å². The lowest BCUT2D eigenvalue weighted by Crippen LogP contribution is -1.94. The van der Waals surface area contributed by atoms with Gasteiger partial charge in [0.2, 0.25) is 0 Å². The lowest BCUT2D eigenvalue weighted by molar-refractivity contribution is 0.355. The Bertz CT molecular complexity index is 1210. The van der Waals surface area contributed by atoms with E-state index in [0.717, 1.165) is 0 Å². The van der Waals surface area contributed by atoms with Crippen LogP contribution in [0, 0.1) is 5.82 Å². The summed E-state index contributed by atoms with van der Waals surface area (Å²) in [7, 11) is 3.07. The number of phenolic OH excluding ortho intramolecular Hbond substituents is 1. The second-order valence-corrected chi connectivity index (χ2v) is 6.41. The van der Waals surface area contributed by atoms with E-state index < -0.39 is 5.82 Å². The molecule has 4 rings (SSSR count). The zero-order chi connectivity index (χ0) is 19.8. The Kier molecular flexibility index (Phi) is 4.57. The minimum Gasteiger partial charge on any atom is -0.506 e. The number of methoxy groups -OCH3 is 2. The van der Waals surface area contributed by atoms with E-state index in [2.05, 4.69) is 4.98 Å². The quantitative estimate of drug-likeness (QED) is 0.477. The molecule has 28 heavy (non-hydrogen) atoms. The molecular formula is C21H15ClFNO4. The van der Waals surface area contributed by atoms with Crippen LogP contribution in [0.1, 0.15) is 0 Å². The summed E-state index contributed by atoms with van der Waals surface area (Å²) in [5, 5.41) is 11.3. The number of hydrogen-bond acceptors (Lipinski definition) is 5. The Morgan fingerprint density at radius 3 is 2.32 bits per heavy atom. The van der Waals surface area contributed by atoms with Crippen molar-refractivity contribution in [3.8, 4) is 28.7 Å². The fourth-order valence-corrected chi connectivity index (χ4v) is 3.20. The Morgan fingerprint density at radius 2 is 1.57 bits per heavy atom. The summed E-state index contributed by atoms with van der Waals surface area (Å²) in [6.45, 7) is 0. The van der Waals surface area contributed by atoms with Gasteiger partial charge in [0.1, 0.15) is 11.5 Å². The number of rotatable bonds is 4. The van der Waals surface area contributed by atoms with Crippen LogP contribution in [0.4, 0.5) is 4.39 Å². The normalized spacial score (nSPS) is 11.0. The van der Waals surface area contributed by atoms with Gasteiger partial charge in [-0.05, 0) is 36.4 Å². The van der Waals surface area contributed by atoms with E-state index in [9.17, 15) is 9.50 Å². The molecule has 3 aromatic carbocycles. The molecule has 5 nitrogen and oxygen atoms in total. The molecule has 1 N–H and O–H groups in total. The standard InChI is InChI=1S/C21H15ClFNO4/c1-26-18-9-13-15(10-19(18)27-2)24-8-7-16(13)28-17-6-4-12-11(20(17)23)3-5-14(22)21(12)25/h3-10,25H,1-2H3. The summed E-state index contributed by atoms with van der Waals surface area (Å²) in [5.74, 6) is 0.680. The molecule has 0 amide bonds. The van der Waals surface area contributed by atoms with E-state index in [4.69, 9.17) is 25.8 Å². The number of ether oxygens (including phenoxy) is 3. The maximum Gasteiger partial charge on any atom is 0.173 e. The highest BCUT2D eigenvalue weighted by Gasteiger charge is 2.16. The highest BCUT2D eigenvalue weighted by molar-refractivity contribution is 6.33. The van der Waals surface area contributed by atoms with Crippen LogP contribution in [-0.4, -0.2) is 24.3 Å². The number of aromatic nitrogens is 1. The van der Waals surface area contributed by atoms with Gasteiger partial charge >= 0.3 is 0 Å². The van der Waals surface area contributed by atoms with Gasteiger partial charge in [0.05, 0.1) is 24.8 Å². The molecule has 1 heterocycles. The number of pyridine rings is 1. The van der Waals surface area contributed by atoms with Crippen LogP contribution >= 0.6 is 11.6 Å². The van der Waals surface area contributed by atoms with Crippen molar-refractivity contribution in [3.63, 3.8) is 0 Å². The number of benzene rings is 3. The van der Waals surface area contributed by atoms with Gasteiger partial charge in [-0.3, -0.25) is 4.98 Å². The summed E-state index contributed by atoms with van der Waals surface area (Å²) in [5.41, 5.74) is 0.612. The van der Waals surface area contributed by atoms with Gasteiger partial charge in [0.15, 0.2) is 23.1 Å². The molecule has 0 aliphatic heterocycles. The molecule has 0 saturated heterocycles. The molecular weight excluding hydrogens is 385 g/mol. The molecule has 0 bridgehead atoms. The third kappa shape index (κ3) is 2.92. The average Bonchev–Trinajstić information content (AvgIpc) is 2.71. The first-order valence-corrected chi connectivity index (χ1v) is 8.69. The van der Waals surface area contributed by atoms with E-state index >= 15 is 0 Å². The van der Waals surface area contributed by atoms with Crippen LogP contribution in [0.3, 0.4) is 0 Å². The number of halogens is 2. The Hall–Kier alpha value is -3.25. The van der Waals surface area contributed by atoms with Gasteiger partial charge in [0, 0.05) is 28.4 Å². The summed E-state index contributed by atoms with van der Waals surface area (Å²) in [4.78, 5) is 4.30. The maximum absolute atomic E-state index is 15.0. The molecule has 0 atom stereocenters. The van der Waals surface area contributed by atoms with Crippen molar-refractivity contribution in [1.29, 1.82) is 0 Å². The van der Waals surface area contributed by atoms with Crippen LogP contribution in [0.5, 0.6) is 28.7 Å². The van der Waals surface area contributed by atoms with Crippen LogP contribution in [0.15, 0.2) is 48.7 Å². The fourth-order valence-electron chi connectivity index (χ4n) is 3.04. The molecule has 0 spiro atoms. The molecule has 1 aromatic heterocycles. The highest BCUT2D eigenvalue weighted by Crippen LogP contribution is 2.40. The first kappa shape index (κ1) is 18.1. The summed E-state index contributed by atoms with van der Waals surface area (Å²) in [6, 6.07) is 11.0. The van der Waals surface area contributed by atoms with Crippen molar-refractivity contribution < 1.29 is 23.7 Å². The Labute approximate surface area is 164 Å². The first-order chi connectivity index (χ1) is 13.5. The smallest absolute Gasteiger partial charge is 0.173 e. The van der Waals surface area contributed by atoms with Gasteiger partial charge in [-0.1, -0.05) is 11.6 Å². The first-order valence-electron chi connectivity index (χ1n) is 8.31. The largest absolute Gasteiger partial charge is 0.506 e. The molecule has 7 heteroatoms. The third-order valence-corrected chi connectivity index (χ3v) is 4.75.